The maximum absolute atomic E-state index is 12.1. The number of amides is 1. The highest BCUT2D eigenvalue weighted by atomic mass is 32.1. The van der Waals surface area contributed by atoms with Gasteiger partial charge in [-0.1, -0.05) is 6.92 Å². The van der Waals surface area contributed by atoms with Crippen LogP contribution in [0.25, 0.3) is 0 Å². The van der Waals surface area contributed by atoms with Gasteiger partial charge in [0.15, 0.2) is 0 Å². The molecule has 0 saturated heterocycles. The van der Waals surface area contributed by atoms with Crippen LogP contribution in [-0.2, 0) is 11.2 Å². The smallest absolute Gasteiger partial charge is 0.306 e. The Morgan fingerprint density at radius 1 is 1.47 bits per heavy atom. The summed E-state index contributed by atoms with van der Waals surface area (Å²) in [6.07, 6.45) is 2.89. The number of thiophene rings is 1. The van der Waals surface area contributed by atoms with E-state index in [4.69, 9.17) is 5.11 Å². The van der Waals surface area contributed by atoms with E-state index in [0.29, 0.717) is 12.8 Å². The number of hydrogen-bond donors (Lipinski definition) is 2. The van der Waals surface area contributed by atoms with Crippen molar-refractivity contribution in [3.8, 4) is 0 Å². The van der Waals surface area contributed by atoms with E-state index in [2.05, 4.69) is 12.2 Å². The lowest BCUT2D eigenvalue weighted by Crippen LogP contribution is -2.32. The molecule has 1 fully saturated rings. The van der Waals surface area contributed by atoms with Crippen molar-refractivity contribution >= 4 is 23.2 Å². The van der Waals surface area contributed by atoms with Crippen LogP contribution >= 0.6 is 11.3 Å². The van der Waals surface area contributed by atoms with Crippen molar-refractivity contribution in [2.75, 3.05) is 0 Å². The molecular weight excluding hydrogens is 262 g/mol. The van der Waals surface area contributed by atoms with Crippen LogP contribution in [-0.4, -0.2) is 23.0 Å². The van der Waals surface area contributed by atoms with Gasteiger partial charge in [-0.2, -0.15) is 0 Å². The molecule has 5 heteroatoms. The molecule has 0 radical (unpaired) electrons. The second kappa shape index (κ2) is 5.74. The molecule has 0 aromatic carbocycles. The maximum atomic E-state index is 12.1. The van der Waals surface area contributed by atoms with Gasteiger partial charge < -0.3 is 10.4 Å². The van der Waals surface area contributed by atoms with E-state index in [1.807, 2.05) is 13.0 Å². The average molecular weight is 281 g/mol. The van der Waals surface area contributed by atoms with Crippen LogP contribution in [0.2, 0.25) is 0 Å². The SMILES string of the molecule is CCc1cc(C(=O)NC2CCC(C(=O)O)C2)sc1C. The number of carbonyl (C=O) groups excluding carboxylic acids is 1. The number of aliphatic carboxylic acids is 1. The quantitative estimate of drug-likeness (QED) is 0.891. The zero-order valence-corrected chi connectivity index (χ0v) is 12.0. The number of carboxylic acid groups (broad SMARTS) is 1. The van der Waals surface area contributed by atoms with Crippen LogP contribution in [0, 0.1) is 12.8 Å². The number of carboxylic acids is 1. The molecular formula is C14H19NO3S. The fourth-order valence-electron chi connectivity index (χ4n) is 2.58. The third-order valence-corrected chi connectivity index (χ3v) is 4.83. The summed E-state index contributed by atoms with van der Waals surface area (Å²) in [7, 11) is 0. The molecule has 19 heavy (non-hydrogen) atoms. The number of hydrogen-bond acceptors (Lipinski definition) is 3. The first-order chi connectivity index (χ1) is 9.01. The van der Waals surface area contributed by atoms with Crippen LogP contribution in [0.4, 0.5) is 0 Å². The molecule has 2 N–H and O–H groups in total. The normalized spacial score (nSPS) is 22.4. The molecule has 2 atom stereocenters. The van der Waals surface area contributed by atoms with Gasteiger partial charge in [-0.05, 0) is 44.2 Å². The summed E-state index contributed by atoms with van der Waals surface area (Å²) in [5, 5.41) is 11.9. The highest BCUT2D eigenvalue weighted by Gasteiger charge is 2.30. The predicted octanol–water partition coefficient (Wildman–Crippen LogP) is 2.60. The zero-order chi connectivity index (χ0) is 14.0. The fourth-order valence-corrected chi connectivity index (χ4v) is 3.59. The minimum absolute atomic E-state index is 0.00100. The molecule has 1 aromatic rings. The zero-order valence-electron chi connectivity index (χ0n) is 11.2. The lowest BCUT2D eigenvalue weighted by Gasteiger charge is -2.11. The Bertz CT molecular complexity index is 495. The third-order valence-electron chi connectivity index (χ3n) is 3.74. The summed E-state index contributed by atoms with van der Waals surface area (Å²) >= 11 is 1.51. The van der Waals surface area contributed by atoms with E-state index >= 15 is 0 Å². The second-order valence-electron chi connectivity index (χ2n) is 5.06. The van der Waals surface area contributed by atoms with Crippen molar-refractivity contribution in [1.82, 2.24) is 5.32 Å². The minimum atomic E-state index is -0.753. The fraction of sp³-hybridized carbons (Fsp3) is 0.571. The Labute approximate surface area is 116 Å². The van der Waals surface area contributed by atoms with E-state index < -0.39 is 5.97 Å². The van der Waals surface area contributed by atoms with E-state index in [-0.39, 0.29) is 17.9 Å². The average Bonchev–Trinajstić information content (AvgIpc) is 2.95. The maximum Gasteiger partial charge on any atom is 0.306 e. The van der Waals surface area contributed by atoms with E-state index in [1.54, 1.807) is 0 Å². The van der Waals surface area contributed by atoms with Gasteiger partial charge in [0.2, 0.25) is 0 Å². The molecule has 1 aliphatic rings. The Hall–Kier alpha value is -1.36. The monoisotopic (exact) mass is 281 g/mol. The van der Waals surface area contributed by atoms with E-state index in [0.717, 1.165) is 17.7 Å². The summed E-state index contributed by atoms with van der Waals surface area (Å²) in [6.45, 7) is 4.10. The first-order valence-electron chi connectivity index (χ1n) is 6.64. The Balaban J connectivity index is 1.96. The summed E-state index contributed by atoms with van der Waals surface area (Å²) in [5.41, 5.74) is 1.21. The van der Waals surface area contributed by atoms with Crippen LogP contribution in [0.15, 0.2) is 6.07 Å². The van der Waals surface area contributed by atoms with Crippen molar-refractivity contribution in [1.29, 1.82) is 0 Å². The van der Waals surface area contributed by atoms with E-state index in [1.165, 1.54) is 21.8 Å². The molecule has 0 bridgehead atoms. The van der Waals surface area contributed by atoms with Gasteiger partial charge >= 0.3 is 5.97 Å². The van der Waals surface area contributed by atoms with Gasteiger partial charge in [0.25, 0.3) is 5.91 Å². The minimum Gasteiger partial charge on any atom is -0.481 e. The largest absolute Gasteiger partial charge is 0.481 e. The van der Waals surface area contributed by atoms with Crippen LogP contribution in [0.3, 0.4) is 0 Å². The Morgan fingerprint density at radius 2 is 2.21 bits per heavy atom. The first-order valence-corrected chi connectivity index (χ1v) is 7.45. The standard InChI is InChI=1S/C14H19NO3S/c1-3-9-7-12(19-8(9)2)13(16)15-11-5-4-10(6-11)14(17)18/h7,10-11H,3-6H2,1-2H3,(H,15,16)(H,17,18). The van der Waals surface area contributed by atoms with E-state index in [9.17, 15) is 9.59 Å². The molecule has 1 aliphatic carbocycles. The number of carbonyl (C=O) groups is 2. The number of aryl methyl sites for hydroxylation is 2. The van der Waals surface area contributed by atoms with Crippen molar-refractivity contribution in [3.63, 3.8) is 0 Å². The van der Waals surface area contributed by atoms with Crippen molar-refractivity contribution in [2.45, 2.75) is 45.6 Å². The molecule has 0 spiro atoms. The summed E-state index contributed by atoms with van der Waals surface area (Å²) < 4.78 is 0. The topological polar surface area (TPSA) is 66.4 Å². The van der Waals surface area contributed by atoms with Crippen LogP contribution < -0.4 is 5.32 Å². The predicted molar refractivity (Wildman–Crippen MR) is 74.7 cm³/mol. The number of rotatable bonds is 4. The molecule has 1 heterocycles. The van der Waals surface area contributed by atoms with Gasteiger partial charge in [0, 0.05) is 10.9 Å². The van der Waals surface area contributed by atoms with Gasteiger partial charge in [-0.15, -0.1) is 11.3 Å². The third kappa shape index (κ3) is 3.15. The van der Waals surface area contributed by atoms with Crippen LogP contribution in [0.5, 0.6) is 0 Å². The van der Waals surface area contributed by atoms with Crippen molar-refractivity contribution in [3.05, 3.63) is 21.4 Å². The highest BCUT2D eigenvalue weighted by Crippen LogP contribution is 2.27. The molecule has 1 amide bonds. The molecule has 0 aliphatic heterocycles. The van der Waals surface area contributed by atoms with Crippen LogP contribution in [0.1, 0.15) is 46.3 Å². The van der Waals surface area contributed by atoms with Gasteiger partial charge in [-0.3, -0.25) is 9.59 Å². The summed E-state index contributed by atoms with van der Waals surface area (Å²) in [4.78, 5) is 24.9. The lowest BCUT2D eigenvalue weighted by atomic mass is 10.1. The van der Waals surface area contributed by atoms with Gasteiger partial charge in [0.05, 0.1) is 10.8 Å². The Kier molecular flexibility index (Phi) is 4.24. The molecule has 4 nitrogen and oxygen atoms in total. The molecule has 2 unspecified atom stereocenters. The highest BCUT2D eigenvalue weighted by molar-refractivity contribution is 7.14. The van der Waals surface area contributed by atoms with Gasteiger partial charge in [0.1, 0.15) is 0 Å². The summed E-state index contributed by atoms with van der Waals surface area (Å²) in [5.74, 6) is -1.12. The van der Waals surface area contributed by atoms with Crippen molar-refractivity contribution in [2.24, 2.45) is 5.92 Å². The lowest BCUT2D eigenvalue weighted by molar-refractivity contribution is -0.141. The molecule has 104 valence electrons. The number of nitrogens with one attached hydrogen (secondary N) is 1. The van der Waals surface area contributed by atoms with Crippen molar-refractivity contribution < 1.29 is 14.7 Å². The molecule has 1 aromatic heterocycles. The second-order valence-corrected chi connectivity index (χ2v) is 6.32. The molecule has 2 rings (SSSR count). The van der Waals surface area contributed by atoms with Gasteiger partial charge in [-0.25, -0.2) is 0 Å². The Morgan fingerprint density at radius 3 is 2.74 bits per heavy atom. The summed E-state index contributed by atoms with van der Waals surface area (Å²) in [6, 6.07) is 1.94. The molecule has 1 saturated carbocycles. The first kappa shape index (κ1) is 14.1.